The van der Waals surface area contributed by atoms with Gasteiger partial charge in [0.05, 0.1) is 5.69 Å². The van der Waals surface area contributed by atoms with Crippen LogP contribution in [-0.2, 0) is 0 Å². The van der Waals surface area contributed by atoms with Crippen LogP contribution in [0.15, 0.2) is 18.2 Å². The van der Waals surface area contributed by atoms with Crippen LogP contribution in [0.2, 0.25) is 0 Å². The van der Waals surface area contributed by atoms with Crippen molar-refractivity contribution in [3.63, 3.8) is 0 Å². The second-order valence-electron chi connectivity index (χ2n) is 8.67. The Morgan fingerprint density at radius 1 is 1.07 bits per heavy atom. The first-order valence-corrected chi connectivity index (χ1v) is 11.6. The average molecular weight is 422 g/mol. The van der Waals surface area contributed by atoms with E-state index in [4.69, 9.17) is 9.97 Å². The van der Waals surface area contributed by atoms with Gasteiger partial charge in [-0.25, -0.2) is 9.97 Å². The van der Waals surface area contributed by atoms with E-state index in [9.17, 15) is 4.79 Å². The minimum absolute atomic E-state index is 0.107. The average Bonchev–Trinajstić information content (AvgIpc) is 3.34. The van der Waals surface area contributed by atoms with Crippen LogP contribution in [-0.4, -0.2) is 44.1 Å². The summed E-state index contributed by atoms with van der Waals surface area (Å²) in [6.07, 6.45) is 4.27. The van der Waals surface area contributed by atoms with Gasteiger partial charge in [-0.3, -0.25) is 9.89 Å². The third-order valence-electron chi connectivity index (χ3n) is 6.23. The van der Waals surface area contributed by atoms with Gasteiger partial charge in [0, 0.05) is 30.5 Å². The number of nitrogens with one attached hydrogen (secondary N) is 1. The van der Waals surface area contributed by atoms with Crippen LogP contribution >= 0.6 is 11.3 Å². The number of amides is 1. The number of carbonyl (C=O) groups excluding carboxylic acids is 1. The third-order valence-corrected chi connectivity index (χ3v) is 7.41. The van der Waals surface area contributed by atoms with E-state index in [0.29, 0.717) is 11.8 Å². The molecule has 1 aromatic carbocycles. The van der Waals surface area contributed by atoms with Gasteiger partial charge in [-0.1, -0.05) is 23.8 Å². The Labute approximate surface area is 180 Å². The number of aromatic amines is 1. The lowest BCUT2D eigenvalue weighted by atomic mass is 9.96. The number of H-pyrrole nitrogens is 1. The third kappa shape index (κ3) is 3.67. The molecule has 0 spiro atoms. The molecule has 1 aliphatic carbocycles. The molecule has 2 fully saturated rings. The molecule has 156 valence electrons. The lowest BCUT2D eigenvalue weighted by molar-refractivity contribution is 0.0715. The standard InChI is InChI=1S/C23H27N5OS/c1-13-4-7-18(14(2)12-13)22-24-15(3)19(30-22)23(29)28-10-8-17(9-11-28)21-25-20(26-27-21)16-5-6-16/h4,7,12,16-17H,5-6,8-11H2,1-3H3,(H,25,26,27). The van der Waals surface area contributed by atoms with Gasteiger partial charge < -0.3 is 4.90 Å². The van der Waals surface area contributed by atoms with Crippen molar-refractivity contribution < 1.29 is 4.79 Å². The molecule has 1 saturated carbocycles. The minimum atomic E-state index is 0.107. The summed E-state index contributed by atoms with van der Waals surface area (Å²) in [6.45, 7) is 7.63. The predicted octanol–water partition coefficient (Wildman–Crippen LogP) is 4.75. The Hall–Kier alpha value is -2.54. The van der Waals surface area contributed by atoms with E-state index in [-0.39, 0.29) is 5.91 Å². The van der Waals surface area contributed by atoms with Gasteiger partial charge in [0.1, 0.15) is 15.7 Å². The van der Waals surface area contributed by atoms with Crippen molar-refractivity contribution in [2.24, 2.45) is 0 Å². The molecular formula is C23H27N5OS. The molecule has 3 heterocycles. The van der Waals surface area contributed by atoms with Gasteiger partial charge >= 0.3 is 0 Å². The number of thiazole rings is 1. The van der Waals surface area contributed by atoms with Crippen molar-refractivity contribution >= 4 is 17.2 Å². The molecule has 2 aliphatic rings. The highest BCUT2D eigenvalue weighted by Crippen LogP contribution is 2.39. The number of aromatic nitrogens is 4. The maximum atomic E-state index is 13.2. The Morgan fingerprint density at radius 2 is 1.83 bits per heavy atom. The number of carbonyl (C=O) groups is 1. The minimum Gasteiger partial charge on any atom is -0.338 e. The smallest absolute Gasteiger partial charge is 0.265 e. The number of rotatable bonds is 4. The summed E-state index contributed by atoms with van der Waals surface area (Å²) in [5, 5.41) is 8.46. The molecule has 1 N–H and O–H groups in total. The van der Waals surface area contributed by atoms with Crippen molar-refractivity contribution in [3.8, 4) is 10.6 Å². The molecule has 0 bridgehead atoms. The first-order chi connectivity index (χ1) is 14.5. The molecule has 0 atom stereocenters. The Bertz CT molecular complexity index is 1090. The van der Waals surface area contributed by atoms with Crippen LogP contribution in [0.25, 0.3) is 10.6 Å². The SMILES string of the molecule is Cc1ccc(-c2nc(C)c(C(=O)N3CCC(c4nc(C5CC5)n[nH]4)CC3)s2)c(C)c1. The van der Waals surface area contributed by atoms with Gasteiger partial charge in [-0.15, -0.1) is 11.3 Å². The molecule has 7 heteroatoms. The van der Waals surface area contributed by atoms with E-state index in [1.54, 1.807) is 0 Å². The predicted molar refractivity (Wildman–Crippen MR) is 118 cm³/mol. The van der Waals surface area contributed by atoms with Crippen molar-refractivity contribution in [3.05, 3.63) is 51.5 Å². The van der Waals surface area contributed by atoms with Crippen LogP contribution in [0.4, 0.5) is 0 Å². The lowest BCUT2D eigenvalue weighted by Crippen LogP contribution is -2.38. The fourth-order valence-corrected chi connectivity index (χ4v) is 5.38. The largest absolute Gasteiger partial charge is 0.338 e. The Kier molecular flexibility index (Phi) is 4.93. The first kappa shape index (κ1) is 19.4. The van der Waals surface area contributed by atoms with E-state index in [2.05, 4.69) is 42.2 Å². The van der Waals surface area contributed by atoms with Crippen molar-refractivity contribution in [2.75, 3.05) is 13.1 Å². The number of hydrogen-bond donors (Lipinski definition) is 1. The quantitative estimate of drug-likeness (QED) is 0.660. The summed E-state index contributed by atoms with van der Waals surface area (Å²) in [5.74, 6) is 3.01. The molecule has 30 heavy (non-hydrogen) atoms. The van der Waals surface area contributed by atoms with Crippen molar-refractivity contribution in [1.29, 1.82) is 0 Å². The van der Waals surface area contributed by atoms with Gasteiger partial charge in [-0.05, 0) is 52.0 Å². The molecule has 1 amide bonds. The van der Waals surface area contributed by atoms with Gasteiger partial charge in [0.15, 0.2) is 5.82 Å². The summed E-state index contributed by atoms with van der Waals surface area (Å²) < 4.78 is 0. The topological polar surface area (TPSA) is 74.8 Å². The monoisotopic (exact) mass is 421 g/mol. The Morgan fingerprint density at radius 3 is 2.53 bits per heavy atom. The number of nitrogens with zero attached hydrogens (tertiary/aromatic N) is 4. The highest BCUT2D eigenvalue weighted by molar-refractivity contribution is 7.17. The second kappa shape index (κ2) is 7.61. The van der Waals surface area contributed by atoms with Gasteiger partial charge in [0.25, 0.3) is 5.91 Å². The molecule has 3 aromatic rings. The molecule has 0 unspecified atom stereocenters. The summed E-state index contributed by atoms with van der Waals surface area (Å²) in [7, 11) is 0. The van der Waals surface area contributed by atoms with E-state index in [0.717, 1.165) is 58.7 Å². The summed E-state index contributed by atoms with van der Waals surface area (Å²) in [4.78, 5) is 25.4. The van der Waals surface area contributed by atoms with Crippen LogP contribution < -0.4 is 0 Å². The number of hydrogen-bond acceptors (Lipinski definition) is 5. The number of aryl methyl sites for hydroxylation is 3. The zero-order chi connectivity index (χ0) is 20.8. The zero-order valence-corrected chi connectivity index (χ0v) is 18.6. The van der Waals surface area contributed by atoms with Crippen LogP contribution in [0, 0.1) is 20.8 Å². The van der Waals surface area contributed by atoms with Crippen LogP contribution in [0.3, 0.4) is 0 Å². The van der Waals surface area contributed by atoms with E-state index in [1.807, 2.05) is 11.8 Å². The molecule has 0 radical (unpaired) electrons. The molecule has 6 nitrogen and oxygen atoms in total. The number of benzene rings is 1. The maximum absolute atomic E-state index is 13.2. The lowest BCUT2D eigenvalue weighted by Gasteiger charge is -2.30. The molecule has 5 rings (SSSR count). The van der Waals surface area contributed by atoms with Crippen molar-refractivity contribution in [1.82, 2.24) is 25.1 Å². The van der Waals surface area contributed by atoms with E-state index >= 15 is 0 Å². The van der Waals surface area contributed by atoms with Crippen molar-refractivity contribution in [2.45, 2.75) is 58.3 Å². The summed E-state index contributed by atoms with van der Waals surface area (Å²) in [5.41, 5.74) is 4.37. The summed E-state index contributed by atoms with van der Waals surface area (Å²) in [6, 6.07) is 6.37. The first-order valence-electron chi connectivity index (χ1n) is 10.8. The second-order valence-corrected chi connectivity index (χ2v) is 9.67. The normalized spacial score (nSPS) is 17.5. The fraction of sp³-hybridized carbons (Fsp3) is 0.478. The summed E-state index contributed by atoms with van der Waals surface area (Å²) >= 11 is 1.51. The van der Waals surface area contributed by atoms with Crippen LogP contribution in [0.1, 0.15) is 75.7 Å². The van der Waals surface area contributed by atoms with Crippen LogP contribution in [0.5, 0.6) is 0 Å². The molecular weight excluding hydrogens is 394 g/mol. The molecule has 2 aromatic heterocycles. The highest BCUT2D eigenvalue weighted by Gasteiger charge is 2.31. The molecule has 1 aliphatic heterocycles. The number of likely N-dealkylation sites (tertiary alicyclic amines) is 1. The maximum Gasteiger partial charge on any atom is 0.265 e. The Balaban J connectivity index is 1.28. The van der Waals surface area contributed by atoms with E-state index in [1.165, 1.54) is 35.3 Å². The van der Waals surface area contributed by atoms with E-state index < -0.39 is 0 Å². The fourth-order valence-electron chi connectivity index (χ4n) is 4.26. The highest BCUT2D eigenvalue weighted by atomic mass is 32.1. The molecule has 1 saturated heterocycles. The van der Waals surface area contributed by atoms with Gasteiger partial charge in [0.2, 0.25) is 0 Å². The zero-order valence-electron chi connectivity index (χ0n) is 17.7. The van der Waals surface area contributed by atoms with Gasteiger partial charge in [-0.2, -0.15) is 5.10 Å². The number of piperidine rings is 1.